The van der Waals surface area contributed by atoms with E-state index >= 15 is 0 Å². The highest BCUT2D eigenvalue weighted by Gasteiger charge is 2.35. The average Bonchev–Trinajstić information content (AvgIpc) is 2.66. The number of hydrogen-bond donors (Lipinski definition) is 1. The molecule has 2 rings (SSSR count). The first-order valence-corrected chi connectivity index (χ1v) is 6.19. The standard InChI is InChI=1S/C12H14O2S/c1-9(13)10-4-2-3-5-11(10)12(14)6-7-15-8-12/h2-5,14H,6-8H2,1H3. The van der Waals surface area contributed by atoms with Crippen LogP contribution in [-0.4, -0.2) is 22.4 Å². The van der Waals surface area contributed by atoms with Gasteiger partial charge in [-0.2, -0.15) is 11.8 Å². The summed E-state index contributed by atoms with van der Waals surface area (Å²) in [5.41, 5.74) is 0.650. The van der Waals surface area contributed by atoms with Crippen molar-refractivity contribution in [2.24, 2.45) is 0 Å². The van der Waals surface area contributed by atoms with Crippen molar-refractivity contribution in [1.29, 1.82) is 0 Å². The van der Waals surface area contributed by atoms with Gasteiger partial charge in [0, 0.05) is 11.3 Å². The molecule has 1 aromatic carbocycles. The van der Waals surface area contributed by atoms with Gasteiger partial charge in [-0.15, -0.1) is 0 Å². The van der Waals surface area contributed by atoms with Crippen LogP contribution in [0.4, 0.5) is 0 Å². The molecule has 1 aromatic rings. The Bertz CT molecular complexity index is 381. The molecule has 0 spiro atoms. The Labute approximate surface area is 93.7 Å². The van der Waals surface area contributed by atoms with E-state index in [2.05, 4.69) is 0 Å². The van der Waals surface area contributed by atoms with E-state index in [1.807, 2.05) is 18.2 Å². The van der Waals surface area contributed by atoms with E-state index < -0.39 is 5.60 Å². The first-order chi connectivity index (χ1) is 7.13. The van der Waals surface area contributed by atoms with Crippen LogP contribution >= 0.6 is 11.8 Å². The summed E-state index contributed by atoms with van der Waals surface area (Å²) >= 11 is 1.73. The van der Waals surface area contributed by atoms with E-state index in [9.17, 15) is 9.90 Å². The van der Waals surface area contributed by atoms with E-state index in [-0.39, 0.29) is 5.78 Å². The third kappa shape index (κ3) is 1.94. The van der Waals surface area contributed by atoms with Crippen molar-refractivity contribution in [2.75, 3.05) is 11.5 Å². The number of hydrogen-bond acceptors (Lipinski definition) is 3. The van der Waals surface area contributed by atoms with Crippen molar-refractivity contribution < 1.29 is 9.90 Å². The van der Waals surface area contributed by atoms with Crippen molar-refractivity contribution in [3.8, 4) is 0 Å². The molecule has 1 fully saturated rings. The molecule has 0 radical (unpaired) electrons. The zero-order valence-corrected chi connectivity index (χ0v) is 9.51. The Morgan fingerprint density at radius 2 is 2.20 bits per heavy atom. The second-order valence-corrected chi connectivity index (χ2v) is 5.04. The average molecular weight is 222 g/mol. The topological polar surface area (TPSA) is 37.3 Å². The summed E-state index contributed by atoms with van der Waals surface area (Å²) < 4.78 is 0. The van der Waals surface area contributed by atoms with Crippen LogP contribution in [0.15, 0.2) is 24.3 Å². The molecule has 1 aliphatic heterocycles. The van der Waals surface area contributed by atoms with E-state index in [1.165, 1.54) is 0 Å². The van der Waals surface area contributed by atoms with Crippen molar-refractivity contribution in [3.63, 3.8) is 0 Å². The SMILES string of the molecule is CC(=O)c1ccccc1C1(O)CCSC1. The van der Waals surface area contributed by atoms with Crippen LogP contribution in [0.1, 0.15) is 29.3 Å². The van der Waals surface area contributed by atoms with Crippen LogP contribution in [-0.2, 0) is 5.60 Å². The van der Waals surface area contributed by atoms with E-state index in [0.717, 1.165) is 17.7 Å². The van der Waals surface area contributed by atoms with Gasteiger partial charge in [0.2, 0.25) is 0 Å². The van der Waals surface area contributed by atoms with Crippen molar-refractivity contribution in [3.05, 3.63) is 35.4 Å². The lowest BCUT2D eigenvalue weighted by Crippen LogP contribution is -2.27. The minimum Gasteiger partial charge on any atom is -0.384 e. The van der Waals surface area contributed by atoms with Gasteiger partial charge in [0.15, 0.2) is 5.78 Å². The van der Waals surface area contributed by atoms with Gasteiger partial charge < -0.3 is 5.11 Å². The molecular weight excluding hydrogens is 208 g/mol. The van der Waals surface area contributed by atoms with Gasteiger partial charge in [-0.3, -0.25) is 4.79 Å². The van der Waals surface area contributed by atoms with Gasteiger partial charge in [-0.05, 0) is 24.7 Å². The number of benzene rings is 1. The lowest BCUT2D eigenvalue weighted by Gasteiger charge is -2.24. The summed E-state index contributed by atoms with van der Waals surface area (Å²) in [6, 6.07) is 7.37. The zero-order chi connectivity index (χ0) is 10.9. The highest BCUT2D eigenvalue weighted by molar-refractivity contribution is 7.99. The molecular formula is C12H14O2S. The minimum atomic E-state index is -0.799. The molecule has 1 aliphatic rings. The lowest BCUT2D eigenvalue weighted by atomic mass is 9.88. The Balaban J connectivity index is 2.47. The molecule has 80 valence electrons. The Morgan fingerprint density at radius 1 is 1.47 bits per heavy atom. The number of carbonyl (C=O) groups excluding carboxylic acids is 1. The van der Waals surface area contributed by atoms with Gasteiger partial charge in [-0.1, -0.05) is 24.3 Å². The zero-order valence-electron chi connectivity index (χ0n) is 8.69. The lowest BCUT2D eigenvalue weighted by molar-refractivity contribution is 0.0638. The van der Waals surface area contributed by atoms with Crippen LogP contribution in [0.2, 0.25) is 0 Å². The maximum absolute atomic E-state index is 11.4. The molecule has 1 unspecified atom stereocenters. The van der Waals surface area contributed by atoms with Gasteiger partial charge in [0.25, 0.3) is 0 Å². The fraction of sp³-hybridized carbons (Fsp3) is 0.417. The van der Waals surface area contributed by atoms with Crippen LogP contribution in [0.25, 0.3) is 0 Å². The van der Waals surface area contributed by atoms with Crippen molar-refractivity contribution >= 4 is 17.5 Å². The largest absolute Gasteiger partial charge is 0.384 e. The molecule has 3 heteroatoms. The predicted octanol–water partition coefficient (Wildman–Crippen LogP) is 2.21. The second kappa shape index (κ2) is 3.99. The van der Waals surface area contributed by atoms with Gasteiger partial charge >= 0.3 is 0 Å². The number of aliphatic hydroxyl groups is 1. The van der Waals surface area contributed by atoms with E-state index in [4.69, 9.17) is 0 Å². The first-order valence-electron chi connectivity index (χ1n) is 5.04. The van der Waals surface area contributed by atoms with E-state index in [0.29, 0.717) is 11.3 Å². The molecule has 0 bridgehead atoms. The van der Waals surface area contributed by atoms with E-state index in [1.54, 1.807) is 24.8 Å². The minimum absolute atomic E-state index is 0.0240. The Kier molecular flexibility index (Phi) is 2.85. The summed E-state index contributed by atoms with van der Waals surface area (Å²) in [6.07, 6.45) is 0.738. The van der Waals surface area contributed by atoms with Crippen LogP contribution in [0.5, 0.6) is 0 Å². The summed E-state index contributed by atoms with van der Waals surface area (Å²) in [4.78, 5) is 11.4. The molecule has 0 aliphatic carbocycles. The third-order valence-corrected chi connectivity index (χ3v) is 3.98. The molecule has 2 nitrogen and oxygen atoms in total. The third-order valence-electron chi connectivity index (χ3n) is 2.81. The van der Waals surface area contributed by atoms with Crippen molar-refractivity contribution in [2.45, 2.75) is 18.9 Å². The summed E-state index contributed by atoms with van der Waals surface area (Å²) in [7, 11) is 0. The normalized spacial score (nSPS) is 25.5. The fourth-order valence-electron chi connectivity index (χ4n) is 1.96. The summed E-state index contributed by atoms with van der Waals surface area (Å²) in [6.45, 7) is 1.55. The number of carbonyl (C=O) groups is 1. The highest BCUT2D eigenvalue weighted by atomic mass is 32.2. The Hall–Kier alpha value is -0.800. The van der Waals surface area contributed by atoms with Crippen LogP contribution in [0, 0.1) is 0 Å². The monoisotopic (exact) mass is 222 g/mol. The number of rotatable bonds is 2. The fourth-order valence-corrected chi connectivity index (χ4v) is 3.23. The Morgan fingerprint density at radius 3 is 2.80 bits per heavy atom. The number of thioether (sulfide) groups is 1. The molecule has 1 saturated heterocycles. The summed E-state index contributed by atoms with van der Waals surface area (Å²) in [5, 5.41) is 10.4. The summed E-state index contributed by atoms with van der Waals surface area (Å²) in [5.74, 6) is 1.68. The quantitative estimate of drug-likeness (QED) is 0.780. The molecule has 1 heterocycles. The molecule has 15 heavy (non-hydrogen) atoms. The maximum atomic E-state index is 11.4. The molecule has 0 amide bonds. The molecule has 0 saturated carbocycles. The first kappa shape index (κ1) is 10.7. The van der Waals surface area contributed by atoms with Gasteiger partial charge in [0.1, 0.15) is 5.60 Å². The molecule has 0 aromatic heterocycles. The molecule has 1 atom stereocenters. The van der Waals surface area contributed by atoms with Crippen LogP contribution in [0.3, 0.4) is 0 Å². The van der Waals surface area contributed by atoms with Crippen LogP contribution < -0.4 is 0 Å². The van der Waals surface area contributed by atoms with Gasteiger partial charge in [-0.25, -0.2) is 0 Å². The number of ketones is 1. The highest BCUT2D eigenvalue weighted by Crippen LogP contribution is 2.38. The maximum Gasteiger partial charge on any atom is 0.160 e. The second-order valence-electron chi connectivity index (χ2n) is 3.94. The van der Waals surface area contributed by atoms with Gasteiger partial charge in [0.05, 0.1) is 0 Å². The predicted molar refractivity (Wildman–Crippen MR) is 62.3 cm³/mol. The van der Waals surface area contributed by atoms with Crippen molar-refractivity contribution in [1.82, 2.24) is 0 Å². The molecule has 1 N–H and O–H groups in total. The number of Topliss-reactive ketones (excluding diaryl/α,β-unsaturated/α-hetero) is 1. The smallest absolute Gasteiger partial charge is 0.160 e.